The van der Waals surface area contributed by atoms with Gasteiger partial charge in [-0.2, -0.15) is 0 Å². The van der Waals surface area contributed by atoms with E-state index in [0.717, 1.165) is 6.42 Å². The molecule has 1 saturated heterocycles. The molecule has 16 heavy (non-hydrogen) atoms. The van der Waals surface area contributed by atoms with Gasteiger partial charge in [0.25, 0.3) is 0 Å². The first-order valence-electron chi connectivity index (χ1n) is 6.18. The molecule has 0 spiro atoms. The number of likely N-dealkylation sites (N-methyl/N-ethyl adjacent to an activating group) is 1. The molecule has 0 aromatic heterocycles. The van der Waals surface area contributed by atoms with Gasteiger partial charge in [0, 0.05) is 12.6 Å². The zero-order valence-corrected chi connectivity index (χ0v) is 10.3. The third-order valence-corrected chi connectivity index (χ3v) is 3.43. The van der Waals surface area contributed by atoms with Crippen molar-refractivity contribution >= 4 is 0 Å². The molecule has 1 aromatic rings. The van der Waals surface area contributed by atoms with E-state index in [2.05, 4.69) is 43.1 Å². The van der Waals surface area contributed by atoms with Crippen molar-refractivity contribution in [1.29, 1.82) is 0 Å². The van der Waals surface area contributed by atoms with Crippen LogP contribution in [0.25, 0.3) is 0 Å². The lowest BCUT2D eigenvalue weighted by Gasteiger charge is -2.17. The molecule has 2 unspecified atom stereocenters. The van der Waals surface area contributed by atoms with Gasteiger partial charge in [-0.1, -0.05) is 24.3 Å². The Morgan fingerprint density at radius 3 is 2.81 bits per heavy atom. The standard InChI is InChI=1S/C14H22N2/c1-11(15)9-12-5-3-4-6-14(12)13-7-8-16(2)10-13/h3-6,11,13H,7-10,15H2,1-2H3. The Morgan fingerprint density at radius 1 is 1.44 bits per heavy atom. The van der Waals surface area contributed by atoms with Gasteiger partial charge in [0.15, 0.2) is 0 Å². The second-order valence-corrected chi connectivity index (χ2v) is 5.13. The minimum Gasteiger partial charge on any atom is -0.328 e. The Balaban J connectivity index is 2.19. The maximum atomic E-state index is 5.91. The van der Waals surface area contributed by atoms with Crippen LogP contribution in [0.15, 0.2) is 24.3 Å². The van der Waals surface area contributed by atoms with Gasteiger partial charge in [-0.25, -0.2) is 0 Å². The van der Waals surface area contributed by atoms with Crippen LogP contribution >= 0.6 is 0 Å². The molecule has 1 aliphatic heterocycles. The van der Waals surface area contributed by atoms with E-state index in [1.807, 2.05) is 0 Å². The van der Waals surface area contributed by atoms with Crippen LogP contribution in [0.2, 0.25) is 0 Å². The molecule has 1 fully saturated rings. The number of hydrogen-bond donors (Lipinski definition) is 1. The van der Waals surface area contributed by atoms with E-state index >= 15 is 0 Å². The van der Waals surface area contributed by atoms with Gasteiger partial charge in [0.1, 0.15) is 0 Å². The number of nitrogens with zero attached hydrogens (tertiary/aromatic N) is 1. The maximum Gasteiger partial charge on any atom is 0.00510 e. The van der Waals surface area contributed by atoms with Crippen molar-refractivity contribution in [3.63, 3.8) is 0 Å². The van der Waals surface area contributed by atoms with Crippen LogP contribution in [0.5, 0.6) is 0 Å². The topological polar surface area (TPSA) is 29.3 Å². The van der Waals surface area contributed by atoms with E-state index in [1.54, 1.807) is 0 Å². The fourth-order valence-corrected chi connectivity index (χ4v) is 2.65. The van der Waals surface area contributed by atoms with E-state index in [9.17, 15) is 0 Å². The first-order valence-corrected chi connectivity index (χ1v) is 6.18. The predicted molar refractivity (Wildman–Crippen MR) is 68.7 cm³/mol. The highest BCUT2D eigenvalue weighted by Crippen LogP contribution is 2.29. The predicted octanol–water partition coefficient (Wildman–Crippen LogP) is 2.00. The molecule has 2 atom stereocenters. The van der Waals surface area contributed by atoms with Crippen LogP contribution in [0.3, 0.4) is 0 Å². The average Bonchev–Trinajstić information content (AvgIpc) is 2.65. The highest BCUT2D eigenvalue weighted by Gasteiger charge is 2.22. The van der Waals surface area contributed by atoms with Crippen LogP contribution in [0.1, 0.15) is 30.4 Å². The molecular formula is C14H22N2. The highest BCUT2D eigenvalue weighted by atomic mass is 15.1. The lowest BCUT2D eigenvalue weighted by Crippen LogP contribution is -2.20. The molecule has 2 nitrogen and oxygen atoms in total. The second kappa shape index (κ2) is 4.98. The summed E-state index contributed by atoms with van der Waals surface area (Å²) in [5.41, 5.74) is 8.87. The maximum absolute atomic E-state index is 5.91. The summed E-state index contributed by atoms with van der Waals surface area (Å²) in [7, 11) is 2.20. The highest BCUT2D eigenvalue weighted by molar-refractivity contribution is 5.32. The van der Waals surface area contributed by atoms with Crippen molar-refractivity contribution in [3.05, 3.63) is 35.4 Å². The first kappa shape index (κ1) is 11.6. The van der Waals surface area contributed by atoms with E-state index in [4.69, 9.17) is 5.73 Å². The van der Waals surface area contributed by atoms with Crippen molar-refractivity contribution in [2.75, 3.05) is 20.1 Å². The van der Waals surface area contributed by atoms with E-state index in [-0.39, 0.29) is 6.04 Å². The summed E-state index contributed by atoms with van der Waals surface area (Å²) in [4.78, 5) is 2.41. The van der Waals surface area contributed by atoms with Gasteiger partial charge < -0.3 is 10.6 Å². The van der Waals surface area contributed by atoms with Crippen LogP contribution in [-0.4, -0.2) is 31.1 Å². The van der Waals surface area contributed by atoms with Gasteiger partial charge in [-0.3, -0.25) is 0 Å². The van der Waals surface area contributed by atoms with Crippen LogP contribution in [0.4, 0.5) is 0 Å². The number of likely N-dealkylation sites (tertiary alicyclic amines) is 1. The largest absolute Gasteiger partial charge is 0.328 e. The fourth-order valence-electron chi connectivity index (χ4n) is 2.65. The minimum absolute atomic E-state index is 0.250. The van der Waals surface area contributed by atoms with Crippen molar-refractivity contribution in [3.8, 4) is 0 Å². The molecule has 1 aliphatic rings. The van der Waals surface area contributed by atoms with Crippen LogP contribution in [0, 0.1) is 0 Å². The summed E-state index contributed by atoms with van der Waals surface area (Å²) in [6, 6.07) is 9.04. The molecule has 2 N–H and O–H groups in total. The third kappa shape index (κ3) is 2.63. The van der Waals surface area contributed by atoms with Gasteiger partial charge in [0.2, 0.25) is 0 Å². The summed E-state index contributed by atoms with van der Waals surface area (Å²) in [5.74, 6) is 0.708. The lowest BCUT2D eigenvalue weighted by molar-refractivity contribution is 0.411. The minimum atomic E-state index is 0.250. The molecule has 1 aromatic carbocycles. The summed E-state index contributed by atoms with van der Waals surface area (Å²) in [6.07, 6.45) is 2.28. The zero-order chi connectivity index (χ0) is 11.5. The first-order chi connectivity index (χ1) is 7.66. The SMILES string of the molecule is CC(N)Cc1ccccc1C1CCN(C)C1. The lowest BCUT2D eigenvalue weighted by atomic mass is 9.91. The van der Waals surface area contributed by atoms with Crippen molar-refractivity contribution in [2.24, 2.45) is 5.73 Å². The average molecular weight is 218 g/mol. The Labute approximate surface area is 98.4 Å². The summed E-state index contributed by atoms with van der Waals surface area (Å²) in [6.45, 7) is 4.49. The van der Waals surface area contributed by atoms with Crippen LogP contribution < -0.4 is 5.73 Å². The van der Waals surface area contributed by atoms with Gasteiger partial charge in [-0.15, -0.1) is 0 Å². The monoisotopic (exact) mass is 218 g/mol. The van der Waals surface area contributed by atoms with Gasteiger partial charge in [0.05, 0.1) is 0 Å². The number of nitrogens with two attached hydrogens (primary N) is 1. The van der Waals surface area contributed by atoms with E-state index in [0.29, 0.717) is 5.92 Å². The smallest absolute Gasteiger partial charge is 0.00510 e. The second-order valence-electron chi connectivity index (χ2n) is 5.13. The van der Waals surface area contributed by atoms with Gasteiger partial charge >= 0.3 is 0 Å². The molecule has 0 saturated carbocycles. The quantitative estimate of drug-likeness (QED) is 0.840. The van der Waals surface area contributed by atoms with Crippen molar-refractivity contribution in [1.82, 2.24) is 4.90 Å². The molecule has 2 rings (SSSR count). The molecule has 2 heteroatoms. The number of hydrogen-bond acceptors (Lipinski definition) is 2. The molecule has 0 radical (unpaired) electrons. The zero-order valence-electron chi connectivity index (χ0n) is 10.3. The van der Waals surface area contributed by atoms with Crippen LogP contribution in [-0.2, 0) is 6.42 Å². The molecule has 0 aliphatic carbocycles. The Morgan fingerprint density at radius 2 is 2.19 bits per heavy atom. The van der Waals surface area contributed by atoms with E-state index in [1.165, 1.54) is 30.6 Å². The molecular weight excluding hydrogens is 196 g/mol. The number of benzene rings is 1. The molecule has 88 valence electrons. The van der Waals surface area contributed by atoms with Crippen molar-refractivity contribution < 1.29 is 0 Å². The van der Waals surface area contributed by atoms with Crippen molar-refractivity contribution in [2.45, 2.75) is 31.7 Å². The Bertz CT molecular complexity index is 346. The summed E-state index contributed by atoms with van der Waals surface area (Å²) >= 11 is 0. The third-order valence-electron chi connectivity index (χ3n) is 3.43. The Hall–Kier alpha value is -0.860. The summed E-state index contributed by atoms with van der Waals surface area (Å²) < 4.78 is 0. The Kier molecular flexibility index (Phi) is 3.62. The summed E-state index contributed by atoms with van der Waals surface area (Å²) in [5, 5.41) is 0. The molecule has 0 bridgehead atoms. The molecule has 0 amide bonds. The normalized spacial score (nSPS) is 23.6. The van der Waals surface area contributed by atoms with E-state index < -0.39 is 0 Å². The fraction of sp³-hybridized carbons (Fsp3) is 0.571. The number of rotatable bonds is 3. The molecule has 1 heterocycles. The van der Waals surface area contributed by atoms with Gasteiger partial charge in [-0.05, 0) is 50.4 Å².